The van der Waals surface area contributed by atoms with Gasteiger partial charge in [-0.2, -0.15) is 13.2 Å². The molecule has 0 unspecified atom stereocenters. The van der Waals surface area contributed by atoms with Gasteiger partial charge in [-0.15, -0.1) is 0 Å². The van der Waals surface area contributed by atoms with E-state index in [9.17, 15) is 36.3 Å². The van der Waals surface area contributed by atoms with Crippen molar-refractivity contribution in [1.29, 1.82) is 0 Å². The van der Waals surface area contributed by atoms with Crippen molar-refractivity contribution in [1.82, 2.24) is 29.7 Å². The second-order valence-electron chi connectivity index (χ2n) is 10.1. The van der Waals surface area contributed by atoms with E-state index in [0.717, 1.165) is 6.07 Å². The van der Waals surface area contributed by atoms with Crippen LogP contribution in [0.4, 0.5) is 26.7 Å². The third kappa shape index (κ3) is 7.01. The van der Waals surface area contributed by atoms with Gasteiger partial charge in [-0.05, 0) is 49.4 Å². The Kier molecular flexibility index (Phi) is 9.94. The minimum Gasteiger partial charge on any atom is -1.00 e. The fourth-order valence-corrected chi connectivity index (χ4v) is 5.63. The quantitative estimate of drug-likeness (QED) is 0.339. The number of hydrogen-bond acceptors (Lipinski definition) is 4. The number of carbonyl (C=O) groups excluding carboxylic acids is 2. The van der Waals surface area contributed by atoms with Gasteiger partial charge in [-0.1, -0.05) is 12.1 Å². The van der Waals surface area contributed by atoms with Gasteiger partial charge in [0.2, 0.25) is 5.91 Å². The van der Waals surface area contributed by atoms with Crippen LogP contribution >= 0.6 is 0 Å². The van der Waals surface area contributed by atoms with E-state index in [0.29, 0.717) is 28.9 Å². The van der Waals surface area contributed by atoms with Crippen molar-refractivity contribution >= 4 is 23.1 Å². The molecule has 2 aliphatic rings. The molecule has 41 heavy (non-hydrogen) atoms. The number of nitrogens with one attached hydrogen (secondary N) is 2. The van der Waals surface area contributed by atoms with Crippen molar-refractivity contribution in [2.45, 2.75) is 49.9 Å². The molecule has 3 aromatic rings. The van der Waals surface area contributed by atoms with Crippen LogP contribution in [0.1, 0.15) is 44.6 Å². The Bertz CT molecular complexity index is 1480. The number of aromatic nitrogens is 3. The minimum atomic E-state index is -4.72. The molecular formula is C26H28F5KN6O3. The molecule has 0 aliphatic carbocycles. The normalized spacial score (nSPS) is 20.6. The van der Waals surface area contributed by atoms with Crippen molar-refractivity contribution in [3.63, 3.8) is 0 Å². The molecule has 4 heterocycles. The number of nitrogens with zero attached hydrogens (tertiary/aromatic N) is 4. The number of likely N-dealkylation sites (tertiary alicyclic amines) is 2. The number of alkyl halides is 3. The van der Waals surface area contributed by atoms with Crippen molar-refractivity contribution in [2.24, 2.45) is 0 Å². The maximum Gasteiger partial charge on any atom is 1.00 e. The van der Waals surface area contributed by atoms with E-state index in [4.69, 9.17) is 0 Å². The van der Waals surface area contributed by atoms with Crippen molar-refractivity contribution < 1.29 is 84.4 Å². The molecule has 0 radical (unpaired) electrons. The van der Waals surface area contributed by atoms with Crippen LogP contribution in [0.25, 0.3) is 11.2 Å². The van der Waals surface area contributed by atoms with Gasteiger partial charge in [0, 0.05) is 37.8 Å². The predicted molar refractivity (Wildman–Crippen MR) is 135 cm³/mol. The topological polar surface area (TPSA) is 103 Å². The summed E-state index contributed by atoms with van der Waals surface area (Å²) < 4.78 is 69.9. The first kappa shape index (κ1) is 31.6. The summed E-state index contributed by atoms with van der Waals surface area (Å²) in [5, 5.41) is 2.56. The molecule has 5 rings (SSSR count). The summed E-state index contributed by atoms with van der Waals surface area (Å²) in [5.74, 6) is -4.11. The number of carbonyl (C=O) groups is 2. The summed E-state index contributed by atoms with van der Waals surface area (Å²) >= 11 is 0. The zero-order valence-electron chi connectivity index (χ0n) is 23.3. The molecule has 2 aliphatic heterocycles. The fraction of sp³-hybridized carbons (Fsp3) is 0.462. The summed E-state index contributed by atoms with van der Waals surface area (Å²) in [4.78, 5) is 47.5. The Morgan fingerprint density at radius 1 is 1.07 bits per heavy atom. The first-order valence-corrected chi connectivity index (χ1v) is 12.9. The molecule has 1 aromatic carbocycles. The van der Waals surface area contributed by atoms with Gasteiger partial charge in [-0.3, -0.25) is 14.3 Å². The van der Waals surface area contributed by atoms with Gasteiger partial charge < -0.3 is 16.5 Å². The second-order valence-corrected chi connectivity index (χ2v) is 10.1. The molecule has 0 bridgehead atoms. The monoisotopic (exact) mass is 606 g/mol. The fourth-order valence-electron chi connectivity index (χ4n) is 5.63. The van der Waals surface area contributed by atoms with E-state index >= 15 is 0 Å². The van der Waals surface area contributed by atoms with Crippen LogP contribution in [-0.2, 0) is 4.79 Å². The van der Waals surface area contributed by atoms with Crippen LogP contribution in [0.5, 0.6) is 0 Å². The Labute approximate surface area is 275 Å². The van der Waals surface area contributed by atoms with E-state index in [2.05, 4.69) is 15.3 Å². The molecular weight excluding hydrogens is 578 g/mol. The molecule has 2 aromatic heterocycles. The van der Waals surface area contributed by atoms with Crippen LogP contribution < -0.4 is 62.4 Å². The van der Waals surface area contributed by atoms with Crippen LogP contribution in [0, 0.1) is 11.6 Å². The van der Waals surface area contributed by atoms with Crippen LogP contribution in [0.2, 0.25) is 0 Å². The summed E-state index contributed by atoms with van der Waals surface area (Å²) in [6.07, 6.45) is -2.27. The number of urea groups is 1. The molecule has 216 valence electrons. The van der Waals surface area contributed by atoms with Crippen LogP contribution in [0.3, 0.4) is 0 Å². The van der Waals surface area contributed by atoms with Gasteiger partial charge in [-0.25, -0.2) is 23.4 Å². The summed E-state index contributed by atoms with van der Waals surface area (Å²) in [6, 6.07) is 4.87. The predicted octanol–water partition coefficient (Wildman–Crippen LogP) is 0.803. The van der Waals surface area contributed by atoms with Crippen LogP contribution in [0.15, 0.2) is 41.3 Å². The zero-order valence-corrected chi connectivity index (χ0v) is 25.4. The Morgan fingerprint density at radius 3 is 2.51 bits per heavy atom. The molecule has 3 amide bonds. The molecule has 0 spiro atoms. The summed E-state index contributed by atoms with van der Waals surface area (Å²) in [7, 11) is 0. The molecule has 9 nitrogen and oxygen atoms in total. The van der Waals surface area contributed by atoms with Gasteiger partial charge in [0.1, 0.15) is 12.6 Å². The zero-order chi connectivity index (χ0) is 28.6. The number of benzene rings is 1. The number of hydrogen-bond donors (Lipinski definition) is 2. The van der Waals surface area contributed by atoms with E-state index in [1.807, 2.05) is 0 Å². The average Bonchev–Trinajstić information content (AvgIpc) is 3.18. The maximum absolute atomic E-state index is 14.5. The molecule has 2 saturated heterocycles. The third-order valence-corrected chi connectivity index (χ3v) is 7.55. The smallest absolute Gasteiger partial charge is 1.00 e. The molecule has 15 heteroatoms. The first-order valence-electron chi connectivity index (χ1n) is 12.9. The number of H-pyrrole nitrogens is 1. The summed E-state index contributed by atoms with van der Waals surface area (Å²) in [6.45, 7) is -1.55. The number of fused-ring (bicyclic) bond motifs is 1. The van der Waals surface area contributed by atoms with Crippen molar-refractivity contribution in [2.75, 3.05) is 26.2 Å². The molecule has 0 saturated carbocycles. The number of aromatic amines is 1. The number of rotatable bonds is 4. The number of pyridine rings is 1. The SMILES string of the molecule is O=C(N[C@@H]1CC[C@@H](c2cccc(F)c2F)CN(CC(F)(F)F)C1=O)N1CCC(n2c(=O)[nH]c3ncccc32)CC1.[H-].[K+]. The van der Waals surface area contributed by atoms with Gasteiger partial charge in [0.25, 0.3) is 0 Å². The Balaban J connectivity index is 0.00000242. The molecule has 2 atom stereocenters. The van der Waals surface area contributed by atoms with E-state index < -0.39 is 54.8 Å². The van der Waals surface area contributed by atoms with E-state index in [-0.39, 0.29) is 96.0 Å². The number of piperidine rings is 1. The van der Waals surface area contributed by atoms with Crippen LogP contribution in [-0.4, -0.2) is 74.7 Å². The third-order valence-electron chi connectivity index (χ3n) is 7.55. The van der Waals surface area contributed by atoms with E-state index in [1.54, 1.807) is 22.9 Å². The second kappa shape index (κ2) is 12.9. The Hall–Kier alpha value is -2.33. The largest absolute Gasteiger partial charge is 1.00 e. The van der Waals surface area contributed by atoms with Gasteiger partial charge in [0.05, 0.1) is 5.52 Å². The number of imidazole rings is 1. The summed E-state index contributed by atoms with van der Waals surface area (Å²) in [5.41, 5.74) is 0.680. The average molecular weight is 607 g/mol. The standard InChI is InChI=1S/C26H27F5N6O3.K.H/c27-18-4-1-3-17(21(18)28)15-6-7-19(23(38)36(13-15)14-26(29,30)31)33-24(39)35-11-8-16(9-12-35)37-20-5-2-10-32-22(20)34-25(37)40;;/h1-5,10,15-16,19H,6-9,11-14H2,(H,33,39)(H,32,34,40);;/q;+1;-1/t15-,19-;;/m1../s1. The number of amides is 3. The van der Waals surface area contributed by atoms with Gasteiger partial charge in [0.15, 0.2) is 17.3 Å². The molecule has 2 fully saturated rings. The van der Waals surface area contributed by atoms with Crippen molar-refractivity contribution in [3.8, 4) is 0 Å². The molecule has 2 N–H and O–H groups in total. The maximum atomic E-state index is 14.5. The minimum absolute atomic E-state index is 0. The van der Waals surface area contributed by atoms with Gasteiger partial charge >= 0.3 is 69.3 Å². The Morgan fingerprint density at radius 2 is 1.80 bits per heavy atom. The number of halogens is 5. The van der Waals surface area contributed by atoms with Crippen molar-refractivity contribution in [3.05, 3.63) is 64.2 Å². The van der Waals surface area contributed by atoms with E-state index in [1.165, 1.54) is 17.0 Å². The first-order chi connectivity index (χ1) is 19.0.